The van der Waals surface area contributed by atoms with Gasteiger partial charge in [0.2, 0.25) is 10.0 Å². The highest BCUT2D eigenvalue weighted by molar-refractivity contribution is 7.99. The lowest BCUT2D eigenvalue weighted by Gasteiger charge is -2.25. The molecule has 0 atom stereocenters. The zero-order valence-electron chi connectivity index (χ0n) is 10.5. The summed E-state index contributed by atoms with van der Waals surface area (Å²) in [5, 5.41) is 11.1. The van der Waals surface area contributed by atoms with Gasteiger partial charge in [-0.25, -0.2) is 8.42 Å². The summed E-state index contributed by atoms with van der Waals surface area (Å²) in [6.45, 7) is 0.724. The molecule has 0 saturated carbocycles. The van der Waals surface area contributed by atoms with Gasteiger partial charge in [0.25, 0.3) is 5.69 Å². The summed E-state index contributed by atoms with van der Waals surface area (Å²) < 4.78 is 26.2. The molecule has 1 saturated heterocycles. The number of thioether (sulfide) groups is 1. The van der Waals surface area contributed by atoms with Crippen LogP contribution in [0.2, 0.25) is 0 Å². The second kappa shape index (κ2) is 5.95. The summed E-state index contributed by atoms with van der Waals surface area (Å²) in [6, 6.07) is 3.73. The molecule has 0 aromatic heterocycles. The first-order valence-electron chi connectivity index (χ1n) is 5.80. The molecule has 1 aromatic rings. The Balaban J connectivity index is 2.47. The van der Waals surface area contributed by atoms with E-state index in [1.807, 2.05) is 0 Å². The lowest BCUT2D eigenvalue weighted by atomic mass is 10.3. The van der Waals surface area contributed by atoms with E-state index in [1.54, 1.807) is 11.8 Å². The fourth-order valence-electron chi connectivity index (χ4n) is 1.89. The van der Waals surface area contributed by atoms with Crippen LogP contribution in [0.5, 0.6) is 0 Å². The van der Waals surface area contributed by atoms with Gasteiger partial charge in [0, 0.05) is 30.7 Å². The molecule has 0 radical (unpaired) electrons. The van der Waals surface area contributed by atoms with Gasteiger partial charge in [-0.05, 0) is 12.1 Å². The third kappa shape index (κ3) is 2.87. The maximum atomic E-state index is 12.5. The highest BCUT2D eigenvalue weighted by Gasteiger charge is 2.32. The van der Waals surface area contributed by atoms with Gasteiger partial charge in [0.05, 0.1) is 10.6 Å². The highest BCUT2D eigenvalue weighted by Crippen LogP contribution is 2.30. The van der Waals surface area contributed by atoms with Crippen LogP contribution in [0.1, 0.15) is 0 Å². The fourth-order valence-corrected chi connectivity index (χ4v) is 4.61. The first-order chi connectivity index (χ1) is 9.46. The molecule has 1 heterocycles. The summed E-state index contributed by atoms with van der Waals surface area (Å²) in [6.07, 6.45) is 0. The van der Waals surface area contributed by atoms with Crippen molar-refractivity contribution in [2.45, 2.75) is 4.90 Å². The van der Waals surface area contributed by atoms with Crippen LogP contribution in [0.25, 0.3) is 0 Å². The van der Waals surface area contributed by atoms with Crippen LogP contribution < -0.4 is 11.3 Å². The van der Waals surface area contributed by atoms with Gasteiger partial charge in [-0.2, -0.15) is 16.1 Å². The Morgan fingerprint density at radius 2 is 2.00 bits per heavy atom. The lowest BCUT2D eigenvalue weighted by Crippen LogP contribution is -2.38. The maximum absolute atomic E-state index is 12.5. The number of hydrazine groups is 1. The minimum Gasteiger partial charge on any atom is -0.324 e. The number of nitro groups is 1. The Morgan fingerprint density at radius 3 is 2.55 bits per heavy atom. The molecule has 0 bridgehead atoms. The molecule has 110 valence electrons. The summed E-state index contributed by atoms with van der Waals surface area (Å²) in [5.41, 5.74) is 2.07. The molecule has 0 amide bonds. The molecule has 3 N–H and O–H groups in total. The van der Waals surface area contributed by atoms with E-state index in [1.165, 1.54) is 16.4 Å². The van der Waals surface area contributed by atoms with Crippen molar-refractivity contribution in [1.29, 1.82) is 0 Å². The van der Waals surface area contributed by atoms with Gasteiger partial charge in [0.1, 0.15) is 0 Å². The van der Waals surface area contributed by atoms with Crippen LogP contribution >= 0.6 is 11.8 Å². The van der Waals surface area contributed by atoms with E-state index in [9.17, 15) is 18.5 Å². The third-order valence-electron chi connectivity index (χ3n) is 2.91. The quantitative estimate of drug-likeness (QED) is 0.474. The Morgan fingerprint density at radius 1 is 1.35 bits per heavy atom. The van der Waals surface area contributed by atoms with Crippen molar-refractivity contribution >= 4 is 33.2 Å². The van der Waals surface area contributed by atoms with E-state index in [4.69, 9.17) is 5.84 Å². The van der Waals surface area contributed by atoms with Crippen molar-refractivity contribution in [3.8, 4) is 0 Å². The van der Waals surface area contributed by atoms with Gasteiger partial charge in [-0.1, -0.05) is 0 Å². The van der Waals surface area contributed by atoms with Crippen LogP contribution in [0, 0.1) is 10.1 Å². The van der Waals surface area contributed by atoms with Gasteiger partial charge >= 0.3 is 0 Å². The third-order valence-corrected chi connectivity index (χ3v) is 5.80. The molecular weight excluding hydrogens is 304 g/mol. The smallest absolute Gasteiger partial charge is 0.291 e. The van der Waals surface area contributed by atoms with Crippen LogP contribution in [-0.2, 0) is 10.0 Å². The first-order valence-corrected chi connectivity index (χ1v) is 8.39. The van der Waals surface area contributed by atoms with Crippen LogP contribution in [0.15, 0.2) is 23.1 Å². The molecule has 1 aliphatic rings. The zero-order chi connectivity index (χ0) is 14.8. The largest absolute Gasteiger partial charge is 0.324 e. The van der Waals surface area contributed by atoms with Crippen molar-refractivity contribution in [1.82, 2.24) is 4.31 Å². The van der Waals surface area contributed by atoms with Gasteiger partial charge in [-0.15, -0.1) is 0 Å². The van der Waals surface area contributed by atoms with E-state index < -0.39 is 20.6 Å². The number of nitrogens with one attached hydrogen (secondary N) is 1. The molecule has 1 aliphatic heterocycles. The van der Waals surface area contributed by atoms with E-state index in [-0.39, 0.29) is 10.6 Å². The minimum atomic E-state index is -3.85. The lowest BCUT2D eigenvalue weighted by molar-refractivity contribution is -0.387. The van der Waals surface area contributed by atoms with E-state index in [0.717, 1.165) is 6.07 Å². The Hall–Kier alpha value is -1.36. The number of hydrogen-bond donors (Lipinski definition) is 2. The summed E-state index contributed by atoms with van der Waals surface area (Å²) in [4.78, 5) is 10.1. The number of nitrogens with zero attached hydrogens (tertiary/aromatic N) is 2. The monoisotopic (exact) mass is 318 g/mol. The van der Waals surface area contributed by atoms with Crippen molar-refractivity contribution in [2.75, 3.05) is 30.0 Å². The van der Waals surface area contributed by atoms with Crippen molar-refractivity contribution in [2.24, 2.45) is 5.84 Å². The standard InChI is InChI=1S/C10H14N4O4S2/c11-12-8-1-2-10(9(7-8)14(15)16)20(17,18)13-3-5-19-6-4-13/h1-2,7,12H,3-6,11H2. The van der Waals surface area contributed by atoms with Crippen molar-refractivity contribution < 1.29 is 13.3 Å². The number of nitrogens with two attached hydrogens (primary N) is 1. The van der Waals surface area contributed by atoms with E-state index in [0.29, 0.717) is 24.6 Å². The Kier molecular flexibility index (Phi) is 4.48. The number of anilines is 1. The van der Waals surface area contributed by atoms with Crippen LogP contribution in [0.4, 0.5) is 11.4 Å². The molecule has 0 spiro atoms. The SMILES string of the molecule is NNc1ccc(S(=O)(=O)N2CCSCC2)c([N+](=O)[O-])c1. The fraction of sp³-hybridized carbons (Fsp3) is 0.400. The summed E-state index contributed by atoms with van der Waals surface area (Å²) in [7, 11) is -3.85. The molecule has 1 aromatic carbocycles. The summed E-state index contributed by atoms with van der Waals surface area (Å²) in [5.74, 6) is 6.57. The second-order valence-electron chi connectivity index (χ2n) is 4.10. The average molecular weight is 318 g/mol. The number of sulfonamides is 1. The number of hydrogen-bond acceptors (Lipinski definition) is 7. The minimum absolute atomic E-state index is 0.282. The summed E-state index contributed by atoms with van der Waals surface area (Å²) >= 11 is 1.66. The van der Waals surface area contributed by atoms with Crippen molar-refractivity contribution in [3.63, 3.8) is 0 Å². The maximum Gasteiger partial charge on any atom is 0.291 e. The molecule has 0 aliphatic carbocycles. The van der Waals surface area contributed by atoms with Crippen LogP contribution in [-0.4, -0.2) is 42.2 Å². The number of rotatable bonds is 4. The van der Waals surface area contributed by atoms with Gasteiger partial charge < -0.3 is 5.43 Å². The normalized spacial score (nSPS) is 16.9. The molecule has 10 heteroatoms. The second-order valence-corrected chi connectivity index (χ2v) is 7.23. The first kappa shape index (κ1) is 15.0. The molecule has 8 nitrogen and oxygen atoms in total. The number of nitrogen functional groups attached to an aromatic ring is 1. The zero-order valence-corrected chi connectivity index (χ0v) is 12.1. The molecule has 1 fully saturated rings. The number of benzene rings is 1. The van der Waals surface area contributed by atoms with Gasteiger partial charge in [-0.3, -0.25) is 16.0 Å². The van der Waals surface area contributed by atoms with Crippen LogP contribution in [0.3, 0.4) is 0 Å². The Labute approximate surface area is 120 Å². The van der Waals surface area contributed by atoms with E-state index in [2.05, 4.69) is 5.43 Å². The molecular formula is C10H14N4O4S2. The molecule has 20 heavy (non-hydrogen) atoms. The topological polar surface area (TPSA) is 119 Å². The number of nitro benzene ring substituents is 1. The Bertz CT molecular complexity index is 614. The highest BCUT2D eigenvalue weighted by atomic mass is 32.2. The average Bonchev–Trinajstić information content (AvgIpc) is 2.47. The van der Waals surface area contributed by atoms with Gasteiger partial charge in [0.15, 0.2) is 4.90 Å². The van der Waals surface area contributed by atoms with E-state index >= 15 is 0 Å². The van der Waals surface area contributed by atoms with Crippen molar-refractivity contribution in [3.05, 3.63) is 28.3 Å². The predicted molar refractivity (Wildman–Crippen MR) is 77.0 cm³/mol. The molecule has 2 rings (SSSR count). The predicted octanol–water partition coefficient (Wildman–Crippen LogP) is 0.618. The molecule has 0 unspecified atom stereocenters.